The lowest BCUT2D eigenvalue weighted by Crippen LogP contribution is -2.27. The molecule has 294 valence electrons. The summed E-state index contributed by atoms with van der Waals surface area (Å²) in [7, 11) is -4.29. The topological polar surface area (TPSA) is 141 Å². The molecule has 2 aromatic rings. The van der Waals surface area contributed by atoms with E-state index in [0.717, 1.165) is 60.7 Å². The molecule has 1 aliphatic heterocycles. The molecule has 0 spiro atoms. The van der Waals surface area contributed by atoms with E-state index < -0.39 is 15.7 Å². The average Bonchev–Trinajstić information content (AvgIpc) is 3.45. The number of fused-ring (bicyclic) bond motifs is 1. The molecular formula is C45H63N4O4S-. The van der Waals surface area contributed by atoms with Crippen LogP contribution in [0.4, 0.5) is 5.69 Å². The zero-order chi connectivity index (χ0) is 39.2. The molecule has 1 aliphatic rings. The molecule has 0 saturated carbocycles. The number of allylic oxidation sites excluding steroid dienone is 2. The minimum atomic E-state index is -4.29. The van der Waals surface area contributed by atoms with E-state index in [0.29, 0.717) is 18.5 Å². The Hall–Kier alpha value is -3.84. The van der Waals surface area contributed by atoms with Gasteiger partial charge in [0.2, 0.25) is 0 Å². The molecule has 9 heteroatoms. The van der Waals surface area contributed by atoms with Crippen molar-refractivity contribution in [3.63, 3.8) is 0 Å². The predicted octanol–water partition coefficient (Wildman–Crippen LogP) is 11.8. The largest absolute Gasteiger partial charge is 0.748 e. The van der Waals surface area contributed by atoms with Gasteiger partial charge >= 0.3 is 0 Å². The van der Waals surface area contributed by atoms with Gasteiger partial charge in [-0.05, 0) is 67.1 Å². The molecule has 54 heavy (non-hydrogen) atoms. The van der Waals surface area contributed by atoms with Crippen molar-refractivity contribution in [3.8, 4) is 18.2 Å². The molecule has 0 aromatic heterocycles. The first-order chi connectivity index (χ1) is 26.1. The minimum absolute atomic E-state index is 0.0640. The van der Waals surface area contributed by atoms with Crippen molar-refractivity contribution < 1.29 is 17.7 Å². The maximum Gasteiger partial charge on any atom is 0.172 e. The highest BCUT2D eigenvalue weighted by Gasteiger charge is 2.43. The molecule has 0 aliphatic carbocycles. The number of anilines is 1. The number of ether oxygens (including phenoxy) is 1. The Kier molecular flexibility index (Phi) is 19.7. The Morgan fingerprint density at radius 1 is 0.704 bits per heavy atom. The fourth-order valence-electron chi connectivity index (χ4n) is 7.69. The number of benzene rings is 2. The lowest BCUT2D eigenvalue weighted by Gasteiger charge is -2.28. The summed E-state index contributed by atoms with van der Waals surface area (Å²) in [5.74, 6) is -0.321. The van der Waals surface area contributed by atoms with Crippen molar-refractivity contribution >= 4 is 32.2 Å². The van der Waals surface area contributed by atoms with Crippen LogP contribution < -0.4 is 4.90 Å². The van der Waals surface area contributed by atoms with Gasteiger partial charge in [0.25, 0.3) is 0 Å². The van der Waals surface area contributed by atoms with E-state index >= 15 is 0 Å². The van der Waals surface area contributed by atoms with Gasteiger partial charge in [0.05, 0.1) is 10.1 Å². The zero-order valence-electron chi connectivity index (χ0n) is 33.3. The number of hydrogen-bond donors (Lipinski definition) is 0. The summed E-state index contributed by atoms with van der Waals surface area (Å²) in [6, 6.07) is 18.4. The van der Waals surface area contributed by atoms with Gasteiger partial charge in [-0.15, -0.1) is 0 Å². The lowest BCUT2D eigenvalue weighted by atomic mass is 9.83. The highest BCUT2D eigenvalue weighted by atomic mass is 32.2. The number of rotatable bonds is 27. The molecule has 0 fully saturated rings. The predicted molar refractivity (Wildman–Crippen MR) is 219 cm³/mol. The summed E-state index contributed by atoms with van der Waals surface area (Å²) in [6.07, 6.45) is 23.9. The van der Waals surface area contributed by atoms with Gasteiger partial charge < -0.3 is 14.2 Å². The number of unbranched alkanes of at least 4 members (excludes halogenated alkanes) is 17. The second-order valence-electron chi connectivity index (χ2n) is 15.2. The summed E-state index contributed by atoms with van der Waals surface area (Å²) in [5.41, 5.74) is 1.66. The van der Waals surface area contributed by atoms with Gasteiger partial charge in [-0.25, -0.2) is 8.42 Å². The second-order valence-corrected chi connectivity index (χ2v) is 16.8. The molecule has 0 N–H and O–H groups in total. The van der Waals surface area contributed by atoms with E-state index in [1.165, 1.54) is 89.9 Å². The third-order valence-corrected chi connectivity index (χ3v) is 11.5. The van der Waals surface area contributed by atoms with Crippen LogP contribution in [0.1, 0.15) is 161 Å². The Balaban J connectivity index is 1.80. The number of hydrogen-bond acceptors (Lipinski definition) is 8. The van der Waals surface area contributed by atoms with Crippen LogP contribution in [-0.2, 0) is 14.9 Å². The van der Waals surface area contributed by atoms with E-state index in [1.54, 1.807) is 0 Å². The molecule has 0 amide bonds. The fourth-order valence-corrected chi connectivity index (χ4v) is 8.17. The first-order valence-electron chi connectivity index (χ1n) is 20.7. The van der Waals surface area contributed by atoms with Crippen LogP contribution in [0.25, 0.3) is 16.3 Å². The smallest absolute Gasteiger partial charge is 0.172 e. The van der Waals surface area contributed by atoms with E-state index in [9.17, 15) is 28.8 Å². The second kappa shape index (κ2) is 23.8. The van der Waals surface area contributed by atoms with Gasteiger partial charge in [-0.1, -0.05) is 141 Å². The highest BCUT2D eigenvalue weighted by Crippen LogP contribution is 2.48. The summed E-state index contributed by atoms with van der Waals surface area (Å²) in [6.45, 7) is 7.68. The Morgan fingerprint density at radius 3 is 1.74 bits per heavy atom. The van der Waals surface area contributed by atoms with Crippen molar-refractivity contribution in [3.05, 3.63) is 58.9 Å². The van der Waals surface area contributed by atoms with E-state index in [2.05, 4.69) is 30.9 Å². The molecular weight excluding hydrogens is 693 g/mol. The summed E-state index contributed by atoms with van der Waals surface area (Å²) in [5, 5.41) is 31.8. The van der Waals surface area contributed by atoms with Gasteiger partial charge in [0.1, 0.15) is 29.4 Å². The van der Waals surface area contributed by atoms with Crippen LogP contribution in [0.2, 0.25) is 0 Å². The molecule has 0 bridgehead atoms. The molecule has 1 atom stereocenters. The quantitative estimate of drug-likeness (QED) is 0.0498. The first kappa shape index (κ1) is 44.6. The van der Waals surface area contributed by atoms with Crippen molar-refractivity contribution in [1.82, 2.24) is 0 Å². The first-order valence-corrected chi connectivity index (χ1v) is 22.3. The Labute approximate surface area is 326 Å². The maximum atomic E-state index is 11.4. The van der Waals surface area contributed by atoms with Crippen LogP contribution >= 0.6 is 0 Å². The van der Waals surface area contributed by atoms with Crippen molar-refractivity contribution in [2.24, 2.45) is 0 Å². The van der Waals surface area contributed by atoms with Crippen LogP contribution in [0.15, 0.2) is 53.3 Å². The van der Waals surface area contributed by atoms with Crippen molar-refractivity contribution in [2.45, 2.75) is 161 Å². The Morgan fingerprint density at radius 2 is 1.20 bits per heavy atom. The van der Waals surface area contributed by atoms with Crippen molar-refractivity contribution in [2.75, 3.05) is 23.7 Å². The molecule has 3 rings (SSSR count). The van der Waals surface area contributed by atoms with Gasteiger partial charge in [0.15, 0.2) is 11.3 Å². The van der Waals surface area contributed by atoms with E-state index in [4.69, 9.17) is 4.74 Å². The summed E-state index contributed by atoms with van der Waals surface area (Å²) in [4.78, 5) is 2.19. The fraction of sp³-hybridized carbons (Fsp3) is 0.622. The molecule has 1 heterocycles. The zero-order valence-corrected chi connectivity index (χ0v) is 34.1. The van der Waals surface area contributed by atoms with Gasteiger partial charge in [-0.2, -0.15) is 15.8 Å². The van der Waals surface area contributed by atoms with Crippen molar-refractivity contribution in [1.29, 1.82) is 15.8 Å². The van der Waals surface area contributed by atoms with Crippen LogP contribution in [0.3, 0.4) is 0 Å². The van der Waals surface area contributed by atoms with Gasteiger partial charge in [-0.3, -0.25) is 0 Å². The normalized spacial score (nSPS) is 15.5. The molecule has 2 aromatic carbocycles. The Bertz CT molecular complexity index is 1760. The summed E-state index contributed by atoms with van der Waals surface area (Å²) >= 11 is 0. The number of nitriles is 3. The lowest BCUT2D eigenvalue weighted by molar-refractivity contribution is 0.0801. The molecule has 0 saturated heterocycles. The summed E-state index contributed by atoms with van der Waals surface area (Å²) < 4.78 is 40.6. The third kappa shape index (κ3) is 14.4. The number of nitrogens with zero attached hydrogens (tertiary/aromatic N) is 4. The highest BCUT2D eigenvalue weighted by molar-refractivity contribution is 7.85. The minimum Gasteiger partial charge on any atom is -0.748 e. The average molecular weight is 756 g/mol. The maximum absolute atomic E-state index is 11.4. The van der Waals surface area contributed by atoms with Crippen LogP contribution in [0.5, 0.6) is 0 Å². The van der Waals surface area contributed by atoms with E-state index in [-0.39, 0.29) is 29.1 Å². The molecule has 0 radical (unpaired) electrons. The van der Waals surface area contributed by atoms with E-state index in [1.807, 2.05) is 49.4 Å². The van der Waals surface area contributed by atoms with Crippen LogP contribution in [0, 0.1) is 34.0 Å². The molecule has 8 nitrogen and oxygen atoms in total. The SMILES string of the molecule is CCCCCCCCCCCCN(CCCS(=O)(=O)[O-])c1ccc2cc(C3=C(C#N)C(=C(C#N)C#N)OC3(C)CCCCCCCCCCC)ccc2c1. The molecule has 1 unspecified atom stereocenters. The standard InChI is InChI=1S/C45H64N4O4S/c1-4-6-8-10-12-14-16-18-20-22-29-49(30-23-31-54(50,51)52)41-27-26-37-32-39(25-24-38(37)33-41)43-42(36-48)44(40(34-46)35-47)53-45(43,3)28-21-19-17-15-13-11-9-7-5-2/h24-27,32-33H,4-23,28-31H2,1-3H3,(H,50,51,52)/p-1. The monoisotopic (exact) mass is 755 g/mol. The third-order valence-electron chi connectivity index (χ3n) is 10.7. The van der Waals surface area contributed by atoms with Gasteiger partial charge in [0, 0.05) is 30.1 Å². The van der Waals surface area contributed by atoms with Crippen LogP contribution in [-0.4, -0.2) is 37.4 Å².